The fraction of sp³-hybridized carbons (Fsp3) is 0.667. The van der Waals surface area contributed by atoms with Crippen molar-refractivity contribution >= 4 is 27.0 Å². The van der Waals surface area contributed by atoms with E-state index in [1.54, 1.807) is 0 Å². The van der Waals surface area contributed by atoms with Gasteiger partial charge in [-0.05, 0) is 74.4 Å². The summed E-state index contributed by atoms with van der Waals surface area (Å²) in [5.41, 5.74) is 2.91. The average molecular weight is 339 g/mol. The monoisotopic (exact) mass is 338 g/mol. The Morgan fingerprint density at radius 1 is 0.682 bits per heavy atom. The van der Waals surface area contributed by atoms with Crippen LogP contribution in [0.4, 0.5) is 0 Å². The molecule has 0 aliphatic carbocycles. The van der Waals surface area contributed by atoms with Crippen molar-refractivity contribution in [3.8, 4) is 0 Å². The van der Waals surface area contributed by atoms with Gasteiger partial charge in [-0.25, -0.2) is 0 Å². The Balaban J connectivity index is 3.69. The van der Waals surface area contributed by atoms with Crippen LogP contribution in [0.5, 0.6) is 0 Å². The number of aryl methyl sites for hydroxylation is 2. The van der Waals surface area contributed by atoms with Crippen molar-refractivity contribution in [3.05, 3.63) is 23.3 Å². The minimum atomic E-state index is -1.92. The minimum absolute atomic E-state index is 0.786. The maximum atomic E-state index is 6.28. The predicted octanol–water partition coefficient (Wildman–Crippen LogP) is 3.71. The predicted molar refractivity (Wildman–Crippen MR) is 103 cm³/mol. The highest BCUT2D eigenvalue weighted by Crippen LogP contribution is 2.17. The van der Waals surface area contributed by atoms with Gasteiger partial charge in [-0.15, -0.1) is 0 Å². The van der Waals surface area contributed by atoms with Crippen LogP contribution in [0.3, 0.4) is 0 Å². The summed E-state index contributed by atoms with van der Waals surface area (Å²) in [5.74, 6) is 0. The van der Waals surface area contributed by atoms with Gasteiger partial charge in [-0.1, -0.05) is 26.0 Å². The summed E-state index contributed by atoms with van der Waals surface area (Å²) in [7, 11) is -3.84. The van der Waals surface area contributed by atoms with Crippen LogP contribution >= 0.6 is 0 Å². The van der Waals surface area contributed by atoms with Gasteiger partial charge in [0.05, 0.1) is 0 Å². The molecule has 0 amide bonds. The zero-order valence-corrected chi connectivity index (χ0v) is 17.8. The standard InChI is InChI=1S/C18H34O2Si2/c1-9-15-13-14-16(10-2)18(22(7,8)20-12-4)17(15)21(5,6)19-11-3/h13-14H,9-12H2,1-8H3. The maximum absolute atomic E-state index is 6.28. The minimum Gasteiger partial charge on any atom is -0.413 e. The molecule has 22 heavy (non-hydrogen) atoms. The Morgan fingerprint density at radius 3 is 1.23 bits per heavy atom. The lowest BCUT2D eigenvalue weighted by molar-refractivity contribution is 0.335. The van der Waals surface area contributed by atoms with E-state index in [0.717, 1.165) is 26.1 Å². The molecule has 0 spiro atoms. The van der Waals surface area contributed by atoms with Crippen molar-refractivity contribution in [2.75, 3.05) is 13.2 Å². The second-order valence-electron chi connectivity index (χ2n) is 6.73. The number of hydrogen-bond donors (Lipinski definition) is 0. The SMILES string of the molecule is CCO[Si](C)(C)c1c(CC)ccc(CC)c1[Si](C)(C)OCC. The Bertz CT molecular complexity index is 451. The topological polar surface area (TPSA) is 18.5 Å². The van der Waals surface area contributed by atoms with Crippen molar-refractivity contribution in [3.63, 3.8) is 0 Å². The van der Waals surface area contributed by atoms with Crippen LogP contribution in [0.2, 0.25) is 26.2 Å². The molecular weight excluding hydrogens is 304 g/mol. The van der Waals surface area contributed by atoms with Crippen molar-refractivity contribution in [2.45, 2.75) is 66.7 Å². The normalized spacial score (nSPS) is 12.7. The quantitative estimate of drug-likeness (QED) is 0.673. The molecule has 0 radical (unpaired) electrons. The van der Waals surface area contributed by atoms with Crippen molar-refractivity contribution < 1.29 is 8.85 Å². The first kappa shape index (κ1) is 19.6. The molecule has 0 aliphatic heterocycles. The molecule has 0 bridgehead atoms. The van der Waals surface area contributed by atoms with Gasteiger partial charge in [0.15, 0.2) is 0 Å². The fourth-order valence-electron chi connectivity index (χ4n) is 3.52. The van der Waals surface area contributed by atoms with Crippen LogP contribution in [-0.2, 0) is 21.7 Å². The molecule has 4 heteroatoms. The highest BCUT2D eigenvalue weighted by Gasteiger charge is 2.38. The Kier molecular flexibility index (Phi) is 7.05. The van der Waals surface area contributed by atoms with Gasteiger partial charge in [0.2, 0.25) is 16.6 Å². The highest BCUT2D eigenvalue weighted by molar-refractivity contribution is 6.95. The number of benzene rings is 1. The summed E-state index contributed by atoms with van der Waals surface area (Å²) in [6.45, 7) is 19.6. The van der Waals surface area contributed by atoms with Crippen LogP contribution in [0.25, 0.3) is 0 Å². The Labute approximate surface area is 139 Å². The first-order valence-corrected chi connectivity index (χ1v) is 14.5. The summed E-state index contributed by atoms with van der Waals surface area (Å²) < 4.78 is 12.6. The molecule has 2 nitrogen and oxygen atoms in total. The first-order chi connectivity index (χ1) is 10.2. The largest absolute Gasteiger partial charge is 0.413 e. The molecule has 0 heterocycles. The summed E-state index contributed by atoms with van der Waals surface area (Å²) in [6, 6.07) is 4.64. The first-order valence-electron chi connectivity index (χ1n) is 8.68. The molecule has 126 valence electrons. The molecule has 0 aliphatic rings. The van der Waals surface area contributed by atoms with Gasteiger partial charge in [0.25, 0.3) is 0 Å². The van der Waals surface area contributed by atoms with Gasteiger partial charge in [0, 0.05) is 13.2 Å². The summed E-state index contributed by atoms with van der Waals surface area (Å²) in [4.78, 5) is 0. The molecule has 0 saturated heterocycles. The zero-order chi connectivity index (χ0) is 17.0. The van der Waals surface area contributed by atoms with Gasteiger partial charge < -0.3 is 8.85 Å². The smallest absolute Gasteiger partial charge is 0.218 e. The van der Waals surface area contributed by atoms with Crippen LogP contribution in [0, 0.1) is 0 Å². The number of rotatable bonds is 8. The van der Waals surface area contributed by atoms with E-state index in [1.165, 1.54) is 21.5 Å². The van der Waals surface area contributed by atoms with Crippen molar-refractivity contribution in [1.82, 2.24) is 0 Å². The molecular formula is C18H34O2Si2. The van der Waals surface area contributed by atoms with E-state index in [9.17, 15) is 0 Å². The Morgan fingerprint density at radius 2 is 1.00 bits per heavy atom. The van der Waals surface area contributed by atoms with Gasteiger partial charge in [-0.2, -0.15) is 0 Å². The van der Waals surface area contributed by atoms with Crippen molar-refractivity contribution in [2.24, 2.45) is 0 Å². The van der Waals surface area contributed by atoms with Crippen LogP contribution in [-0.4, -0.2) is 29.8 Å². The fourth-order valence-corrected chi connectivity index (χ4v) is 10.6. The molecule has 1 rings (SSSR count). The molecule has 0 unspecified atom stereocenters. The second-order valence-corrected chi connectivity index (χ2v) is 14.3. The summed E-state index contributed by atoms with van der Waals surface area (Å²) in [5, 5.41) is 3.03. The average Bonchev–Trinajstić information content (AvgIpc) is 2.45. The van der Waals surface area contributed by atoms with Crippen LogP contribution < -0.4 is 10.4 Å². The summed E-state index contributed by atoms with van der Waals surface area (Å²) in [6.07, 6.45) is 2.12. The molecule has 0 saturated carbocycles. The lowest BCUT2D eigenvalue weighted by Crippen LogP contribution is -2.63. The molecule has 0 fully saturated rings. The van der Waals surface area contributed by atoms with Crippen molar-refractivity contribution in [1.29, 1.82) is 0 Å². The maximum Gasteiger partial charge on any atom is 0.218 e. The third kappa shape index (κ3) is 4.10. The highest BCUT2D eigenvalue weighted by atomic mass is 28.4. The van der Waals surface area contributed by atoms with Gasteiger partial charge in [-0.3, -0.25) is 0 Å². The third-order valence-corrected chi connectivity index (χ3v) is 10.2. The molecule has 0 N–H and O–H groups in total. The van der Waals surface area contributed by atoms with Crippen LogP contribution in [0.1, 0.15) is 38.8 Å². The third-order valence-electron chi connectivity index (χ3n) is 4.35. The molecule has 0 aromatic heterocycles. The van der Waals surface area contributed by atoms with E-state index in [-0.39, 0.29) is 0 Å². The summed E-state index contributed by atoms with van der Waals surface area (Å²) >= 11 is 0. The van der Waals surface area contributed by atoms with Gasteiger partial charge in [0.1, 0.15) is 0 Å². The van der Waals surface area contributed by atoms with E-state index >= 15 is 0 Å². The van der Waals surface area contributed by atoms with E-state index in [4.69, 9.17) is 8.85 Å². The van der Waals surface area contributed by atoms with E-state index in [1.807, 2.05) is 0 Å². The molecule has 1 aromatic carbocycles. The van der Waals surface area contributed by atoms with E-state index in [0.29, 0.717) is 0 Å². The van der Waals surface area contributed by atoms with Gasteiger partial charge >= 0.3 is 0 Å². The zero-order valence-electron chi connectivity index (χ0n) is 15.8. The lowest BCUT2D eigenvalue weighted by atomic mass is 10.1. The second kappa shape index (κ2) is 7.91. The van der Waals surface area contributed by atoms with E-state index < -0.39 is 16.6 Å². The molecule has 0 atom stereocenters. The lowest BCUT2D eigenvalue weighted by Gasteiger charge is -2.35. The number of hydrogen-bond acceptors (Lipinski definition) is 2. The van der Waals surface area contributed by atoms with Crippen LogP contribution in [0.15, 0.2) is 12.1 Å². The Hall–Kier alpha value is -0.426. The van der Waals surface area contributed by atoms with E-state index in [2.05, 4.69) is 66.0 Å². The molecule has 1 aromatic rings.